The Morgan fingerprint density at radius 3 is 2.35 bits per heavy atom. The number of aryl methyl sites for hydroxylation is 1. The van der Waals surface area contributed by atoms with Crippen LogP contribution in [0.25, 0.3) is 0 Å². The fourth-order valence-electron chi connectivity index (χ4n) is 2.32. The highest BCUT2D eigenvalue weighted by molar-refractivity contribution is 5.25. The number of halogens is 3. The van der Waals surface area contributed by atoms with Crippen molar-refractivity contribution in [3.63, 3.8) is 0 Å². The first kappa shape index (κ1) is 17.5. The van der Waals surface area contributed by atoms with Crippen LogP contribution in [0.4, 0.5) is 13.2 Å². The van der Waals surface area contributed by atoms with Crippen molar-refractivity contribution in [2.45, 2.75) is 31.7 Å². The van der Waals surface area contributed by atoms with Gasteiger partial charge in [-0.1, -0.05) is 48.5 Å². The highest BCUT2D eigenvalue weighted by Crippen LogP contribution is 2.29. The third kappa shape index (κ3) is 6.04. The largest absolute Gasteiger partial charge is 0.416 e. The number of hydrogen-bond donors (Lipinski definition) is 2. The number of nitrogens with one attached hydrogen (secondary N) is 1. The zero-order valence-corrected chi connectivity index (χ0v) is 12.7. The molecule has 2 aromatic carbocycles. The molecule has 0 aliphatic rings. The summed E-state index contributed by atoms with van der Waals surface area (Å²) in [6, 6.07) is 15.1. The molecule has 0 aromatic heterocycles. The summed E-state index contributed by atoms with van der Waals surface area (Å²) in [5.41, 5.74) is 1.06. The topological polar surface area (TPSA) is 32.3 Å². The van der Waals surface area contributed by atoms with Gasteiger partial charge in [0.05, 0.1) is 11.7 Å². The normalized spacial score (nSPS) is 13.0. The van der Waals surface area contributed by atoms with E-state index in [2.05, 4.69) is 5.32 Å². The minimum atomic E-state index is -4.33. The summed E-state index contributed by atoms with van der Waals surface area (Å²) in [6.45, 7) is 0.648. The molecule has 2 N–H and O–H groups in total. The van der Waals surface area contributed by atoms with E-state index in [-0.39, 0.29) is 0 Å². The molecule has 124 valence electrons. The molecule has 0 heterocycles. The van der Waals surface area contributed by atoms with Crippen LogP contribution in [0.2, 0.25) is 0 Å². The standard InChI is InChI=1S/C18H20F3NO/c19-18(20,21)16-8-4-7-15(11-16)12-22-13-17(23)10-9-14-5-2-1-3-6-14/h1-8,11,17,22-23H,9-10,12-13H2/t17-/m0/s1. The highest BCUT2D eigenvalue weighted by atomic mass is 19.4. The van der Waals surface area contributed by atoms with Gasteiger partial charge >= 0.3 is 6.18 Å². The molecule has 0 amide bonds. The number of rotatable bonds is 7. The van der Waals surface area contributed by atoms with Gasteiger partial charge in [-0.3, -0.25) is 0 Å². The van der Waals surface area contributed by atoms with Crippen molar-refractivity contribution < 1.29 is 18.3 Å². The van der Waals surface area contributed by atoms with E-state index in [4.69, 9.17) is 0 Å². The molecule has 2 nitrogen and oxygen atoms in total. The van der Waals surface area contributed by atoms with Gasteiger partial charge in [-0.25, -0.2) is 0 Å². The third-order valence-electron chi connectivity index (χ3n) is 3.57. The van der Waals surface area contributed by atoms with Crippen LogP contribution >= 0.6 is 0 Å². The third-order valence-corrected chi connectivity index (χ3v) is 3.57. The van der Waals surface area contributed by atoms with Crippen molar-refractivity contribution in [2.75, 3.05) is 6.54 Å². The second kappa shape index (κ2) is 8.13. The molecule has 0 bridgehead atoms. The van der Waals surface area contributed by atoms with E-state index in [1.807, 2.05) is 30.3 Å². The zero-order valence-electron chi connectivity index (χ0n) is 12.7. The molecule has 0 saturated carbocycles. The van der Waals surface area contributed by atoms with E-state index in [0.717, 1.165) is 24.1 Å². The van der Waals surface area contributed by atoms with Gasteiger partial charge in [0.1, 0.15) is 0 Å². The van der Waals surface area contributed by atoms with E-state index in [9.17, 15) is 18.3 Å². The molecule has 2 aromatic rings. The molecule has 0 unspecified atom stereocenters. The first-order valence-electron chi connectivity index (χ1n) is 7.54. The summed E-state index contributed by atoms with van der Waals surface area (Å²) >= 11 is 0. The smallest absolute Gasteiger partial charge is 0.392 e. The summed E-state index contributed by atoms with van der Waals surface area (Å²) in [5, 5.41) is 12.9. The molecule has 2 rings (SSSR count). The Kier molecular flexibility index (Phi) is 6.19. The van der Waals surface area contributed by atoms with Crippen LogP contribution in [0.15, 0.2) is 54.6 Å². The summed E-state index contributed by atoms with van der Waals surface area (Å²) < 4.78 is 37.9. The summed E-state index contributed by atoms with van der Waals surface area (Å²) in [5.74, 6) is 0. The van der Waals surface area contributed by atoms with Crippen molar-refractivity contribution in [3.8, 4) is 0 Å². The Bertz CT molecular complexity index is 599. The lowest BCUT2D eigenvalue weighted by Gasteiger charge is -2.13. The minimum Gasteiger partial charge on any atom is -0.392 e. The monoisotopic (exact) mass is 323 g/mol. The van der Waals surface area contributed by atoms with Crippen molar-refractivity contribution in [2.24, 2.45) is 0 Å². The van der Waals surface area contributed by atoms with Gasteiger partial charge in [0, 0.05) is 13.1 Å². The van der Waals surface area contributed by atoms with Gasteiger partial charge in [-0.2, -0.15) is 13.2 Å². The summed E-state index contributed by atoms with van der Waals surface area (Å²) in [6.07, 6.45) is -3.47. The molecule has 0 saturated heterocycles. The summed E-state index contributed by atoms with van der Waals surface area (Å²) in [4.78, 5) is 0. The lowest BCUT2D eigenvalue weighted by Crippen LogP contribution is -2.26. The Balaban J connectivity index is 1.74. The Hall–Kier alpha value is -1.85. The Morgan fingerprint density at radius 2 is 1.65 bits per heavy atom. The molecule has 23 heavy (non-hydrogen) atoms. The lowest BCUT2D eigenvalue weighted by molar-refractivity contribution is -0.137. The predicted molar refractivity (Wildman–Crippen MR) is 83.9 cm³/mol. The van der Waals surface area contributed by atoms with Gasteiger partial charge in [0.2, 0.25) is 0 Å². The minimum absolute atomic E-state index is 0.298. The predicted octanol–water partition coefficient (Wildman–Crippen LogP) is 3.79. The average molecular weight is 323 g/mol. The fourth-order valence-corrected chi connectivity index (χ4v) is 2.32. The van der Waals surface area contributed by atoms with Crippen molar-refractivity contribution >= 4 is 0 Å². The number of alkyl halides is 3. The molecule has 0 aliphatic heterocycles. The molecule has 0 aliphatic carbocycles. The molecule has 5 heteroatoms. The van der Waals surface area contributed by atoms with E-state index in [1.165, 1.54) is 6.07 Å². The number of aliphatic hydroxyl groups excluding tert-OH is 1. The van der Waals surface area contributed by atoms with E-state index < -0.39 is 17.8 Å². The van der Waals surface area contributed by atoms with Crippen molar-refractivity contribution in [3.05, 3.63) is 71.3 Å². The molecular weight excluding hydrogens is 303 g/mol. The van der Waals surface area contributed by atoms with Gasteiger partial charge in [-0.05, 0) is 30.0 Å². The van der Waals surface area contributed by atoms with E-state index >= 15 is 0 Å². The molecular formula is C18H20F3NO. The van der Waals surface area contributed by atoms with Crippen molar-refractivity contribution in [1.29, 1.82) is 0 Å². The van der Waals surface area contributed by atoms with Crippen LogP contribution < -0.4 is 5.32 Å². The zero-order chi connectivity index (χ0) is 16.7. The first-order valence-corrected chi connectivity index (χ1v) is 7.54. The molecule has 0 spiro atoms. The average Bonchev–Trinajstić information content (AvgIpc) is 2.53. The van der Waals surface area contributed by atoms with Gasteiger partial charge in [0.15, 0.2) is 0 Å². The van der Waals surface area contributed by atoms with Gasteiger partial charge in [-0.15, -0.1) is 0 Å². The van der Waals surface area contributed by atoms with Crippen LogP contribution in [0, 0.1) is 0 Å². The fraction of sp³-hybridized carbons (Fsp3) is 0.333. The maximum atomic E-state index is 12.6. The maximum Gasteiger partial charge on any atom is 0.416 e. The second-order valence-electron chi connectivity index (χ2n) is 5.51. The van der Waals surface area contributed by atoms with E-state index in [1.54, 1.807) is 6.07 Å². The summed E-state index contributed by atoms with van der Waals surface area (Å²) in [7, 11) is 0. The van der Waals surface area contributed by atoms with Crippen LogP contribution in [0.3, 0.4) is 0 Å². The van der Waals surface area contributed by atoms with Crippen LogP contribution in [-0.2, 0) is 19.1 Å². The molecule has 0 fully saturated rings. The molecule has 0 radical (unpaired) electrons. The van der Waals surface area contributed by atoms with Crippen LogP contribution in [-0.4, -0.2) is 17.8 Å². The van der Waals surface area contributed by atoms with Crippen LogP contribution in [0.1, 0.15) is 23.1 Å². The Morgan fingerprint density at radius 1 is 0.957 bits per heavy atom. The Labute approximate surface area is 134 Å². The van der Waals surface area contributed by atoms with Gasteiger partial charge in [0.25, 0.3) is 0 Å². The van der Waals surface area contributed by atoms with Crippen LogP contribution in [0.5, 0.6) is 0 Å². The molecule has 1 atom stereocenters. The SMILES string of the molecule is O[C@@H](CCc1ccccc1)CNCc1cccc(C(F)(F)F)c1. The number of benzene rings is 2. The maximum absolute atomic E-state index is 12.6. The van der Waals surface area contributed by atoms with E-state index in [0.29, 0.717) is 25.1 Å². The first-order chi connectivity index (χ1) is 10.9. The van der Waals surface area contributed by atoms with Crippen molar-refractivity contribution in [1.82, 2.24) is 5.32 Å². The van der Waals surface area contributed by atoms with Gasteiger partial charge < -0.3 is 10.4 Å². The quantitative estimate of drug-likeness (QED) is 0.812. The number of aliphatic hydroxyl groups is 1. The lowest BCUT2D eigenvalue weighted by atomic mass is 10.1. The second-order valence-corrected chi connectivity index (χ2v) is 5.51. The highest BCUT2D eigenvalue weighted by Gasteiger charge is 2.30. The number of hydrogen-bond acceptors (Lipinski definition) is 2.